The number of benzene rings is 1. The maximum Gasteiger partial charge on any atom is 0.255 e. The van der Waals surface area contributed by atoms with Crippen LogP contribution in [0.2, 0.25) is 0 Å². The number of hydrogen-bond donors (Lipinski definition) is 2. The molecule has 1 amide bonds. The molecular formula is C22H31N5O. The molecule has 0 bridgehead atoms. The second-order valence-corrected chi connectivity index (χ2v) is 7.83. The van der Waals surface area contributed by atoms with Crippen LogP contribution in [-0.2, 0) is 0 Å². The Kier molecular flexibility index (Phi) is 6.87. The van der Waals surface area contributed by atoms with Gasteiger partial charge in [0.1, 0.15) is 5.82 Å². The van der Waals surface area contributed by atoms with Gasteiger partial charge < -0.3 is 20.4 Å². The molecule has 1 aromatic heterocycles. The summed E-state index contributed by atoms with van der Waals surface area (Å²) in [5, 5.41) is 6.26. The zero-order valence-corrected chi connectivity index (χ0v) is 17.1. The zero-order valence-electron chi connectivity index (χ0n) is 17.1. The molecule has 1 aromatic carbocycles. The van der Waals surface area contributed by atoms with E-state index in [1.807, 2.05) is 12.1 Å². The molecule has 0 radical (unpaired) electrons. The molecule has 0 aliphatic carbocycles. The van der Waals surface area contributed by atoms with Gasteiger partial charge in [-0.05, 0) is 55.8 Å². The Morgan fingerprint density at radius 3 is 2.50 bits per heavy atom. The molecule has 1 fully saturated rings. The topological polar surface area (TPSA) is 60.5 Å². The lowest BCUT2D eigenvalue weighted by Crippen LogP contribution is -2.44. The normalized spacial score (nSPS) is 14.9. The largest absolute Gasteiger partial charge is 0.370 e. The molecule has 1 aliphatic rings. The zero-order chi connectivity index (χ0) is 19.9. The highest BCUT2D eigenvalue weighted by Crippen LogP contribution is 2.20. The number of carbonyl (C=O) groups is 1. The first-order chi connectivity index (χ1) is 13.5. The van der Waals surface area contributed by atoms with Gasteiger partial charge in [-0.15, -0.1) is 0 Å². The number of amides is 1. The lowest BCUT2D eigenvalue weighted by Gasteiger charge is -2.34. The molecule has 0 spiro atoms. The Hall–Kier alpha value is -2.60. The van der Waals surface area contributed by atoms with Gasteiger partial charge in [-0.1, -0.05) is 13.8 Å². The molecule has 1 aliphatic heterocycles. The first-order valence-electron chi connectivity index (χ1n) is 10.1. The highest BCUT2D eigenvalue weighted by Gasteiger charge is 2.14. The van der Waals surface area contributed by atoms with Crippen molar-refractivity contribution < 1.29 is 4.79 Å². The van der Waals surface area contributed by atoms with E-state index in [2.05, 4.69) is 58.4 Å². The predicted molar refractivity (Wildman–Crippen MR) is 116 cm³/mol. The number of nitrogens with zero attached hydrogens (tertiary/aromatic N) is 3. The molecule has 1 saturated heterocycles. The van der Waals surface area contributed by atoms with Gasteiger partial charge in [-0.25, -0.2) is 4.98 Å². The van der Waals surface area contributed by atoms with Crippen molar-refractivity contribution in [3.8, 4) is 0 Å². The molecule has 6 heteroatoms. The van der Waals surface area contributed by atoms with Crippen LogP contribution in [0.25, 0.3) is 0 Å². The third-order valence-electron chi connectivity index (χ3n) is 5.04. The molecule has 6 nitrogen and oxygen atoms in total. The van der Waals surface area contributed by atoms with Crippen molar-refractivity contribution in [2.75, 3.05) is 55.3 Å². The molecule has 2 aromatic rings. The maximum absolute atomic E-state index is 12.6. The molecule has 2 N–H and O–H groups in total. The van der Waals surface area contributed by atoms with Crippen molar-refractivity contribution in [3.63, 3.8) is 0 Å². The summed E-state index contributed by atoms with van der Waals surface area (Å²) in [6, 6.07) is 11.6. The summed E-state index contributed by atoms with van der Waals surface area (Å²) in [6.45, 7) is 9.45. The van der Waals surface area contributed by atoms with E-state index in [1.165, 1.54) is 5.69 Å². The van der Waals surface area contributed by atoms with Crippen molar-refractivity contribution in [2.45, 2.75) is 20.3 Å². The third-order valence-corrected chi connectivity index (χ3v) is 5.04. The minimum Gasteiger partial charge on any atom is -0.370 e. The number of rotatable bonds is 7. The summed E-state index contributed by atoms with van der Waals surface area (Å²) in [6.07, 6.45) is 2.74. The lowest BCUT2D eigenvalue weighted by atomic mass is 10.1. The van der Waals surface area contributed by atoms with Crippen LogP contribution >= 0.6 is 0 Å². The summed E-state index contributed by atoms with van der Waals surface area (Å²) < 4.78 is 0. The van der Waals surface area contributed by atoms with Gasteiger partial charge in [0.05, 0.1) is 0 Å². The summed E-state index contributed by atoms with van der Waals surface area (Å²) in [4.78, 5) is 21.6. The minimum absolute atomic E-state index is 0.123. The van der Waals surface area contributed by atoms with Crippen molar-refractivity contribution in [1.82, 2.24) is 9.88 Å². The number of likely N-dealkylation sites (N-methyl/N-ethyl adjacent to an activating group) is 1. The molecule has 0 unspecified atom stereocenters. The van der Waals surface area contributed by atoms with Crippen LogP contribution in [0, 0.1) is 5.92 Å². The van der Waals surface area contributed by atoms with Gasteiger partial charge in [-0.2, -0.15) is 0 Å². The number of hydrogen-bond acceptors (Lipinski definition) is 5. The summed E-state index contributed by atoms with van der Waals surface area (Å²) >= 11 is 0. The van der Waals surface area contributed by atoms with Crippen LogP contribution < -0.4 is 15.5 Å². The fourth-order valence-corrected chi connectivity index (χ4v) is 3.18. The quantitative estimate of drug-likeness (QED) is 0.768. The van der Waals surface area contributed by atoms with Crippen LogP contribution in [0.15, 0.2) is 42.6 Å². The van der Waals surface area contributed by atoms with Gasteiger partial charge >= 0.3 is 0 Å². The first kappa shape index (κ1) is 20.1. The molecule has 0 atom stereocenters. The van der Waals surface area contributed by atoms with Gasteiger partial charge in [0.15, 0.2) is 0 Å². The minimum atomic E-state index is -0.123. The Labute approximate surface area is 167 Å². The molecular weight excluding hydrogens is 350 g/mol. The number of aromatic nitrogens is 1. The van der Waals surface area contributed by atoms with Crippen molar-refractivity contribution in [1.29, 1.82) is 0 Å². The second-order valence-electron chi connectivity index (χ2n) is 7.83. The van der Waals surface area contributed by atoms with Gasteiger partial charge in [-0.3, -0.25) is 4.79 Å². The van der Waals surface area contributed by atoms with Crippen LogP contribution in [0.4, 0.5) is 17.2 Å². The predicted octanol–water partition coefficient (Wildman–Crippen LogP) is 3.54. The van der Waals surface area contributed by atoms with Crippen molar-refractivity contribution >= 4 is 23.1 Å². The van der Waals surface area contributed by atoms with Gasteiger partial charge in [0.25, 0.3) is 5.91 Å². The third kappa shape index (κ3) is 5.70. The second kappa shape index (κ2) is 9.55. The first-order valence-corrected chi connectivity index (χ1v) is 10.1. The highest BCUT2D eigenvalue weighted by molar-refractivity contribution is 6.04. The van der Waals surface area contributed by atoms with E-state index >= 15 is 0 Å². The Balaban J connectivity index is 1.57. The number of carbonyl (C=O) groups excluding carboxylic acids is 1. The van der Waals surface area contributed by atoms with Crippen LogP contribution in [-0.4, -0.2) is 55.6 Å². The number of anilines is 3. The van der Waals surface area contributed by atoms with E-state index in [9.17, 15) is 4.79 Å². The highest BCUT2D eigenvalue weighted by atomic mass is 16.1. The van der Waals surface area contributed by atoms with E-state index < -0.39 is 0 Å². The summed E-state index contributed by atoms with van der Waals surface area (Å²) in [5.74, 6) is 1.24. The lowest BCUT2D eigenvalue weighted by molar-refractivity contribution is 0.102. The molecule has 3 rings (SSSR count). The van der Waals surface area contributed by atoms with Crippen LogP contribution in [0.3, 0.4) is 0 Å². The van der Waals surface area contributed by atoms with E-state index in [1.54, 1.807) is 18.3 Å². The Morgan fingerprint density at radius 2 is 1.82 bits per heavy atom. The monoisotopic (exact) mass is 381 g/mol. The standard InChI is InChI=1S/C22H31N5O/c1-17(2)8-10-23-21-16-18(9-11-24-21)22(28)25-19-4-6-20(7-5-19)27-14-12-26(3)13-15-27/h4-7,9,11,16-17H,8,10,12-15H2,1-3H3,(H,23,24)(H,25,28). The smallest absolute Gasteiger partial charge is 0.255 e. The average Bonchev–Trinajstić information content (AvgIpc) is 2.69. The van der Waals surface area contributed by atoms with E-state index in [0.29, 0.717) is 11.5 Å². The van der Waals surface area contributed by atoms with Crippen LogP contribution in [0.5, 0.6) is 0 Å². The average molecular weight is 382 g/mol. The van der Waals surface area contributed by atoms with E-state index in [0.717, 1.165) is 50.6 Å². The fourth-order valence-electron chi connectivity index (χ4n) is 3.18. The maximum atomic E-state index is 12.6. The SMILES string of the molecule is CC(C)CCNc1cc(C(=O)Nc2ccc(N3CCN(C)CC3)cc2)ccn1. The summed E-state index contributed by atoms with van der Waals surface area (Å²) in [7, 11) is 2.15. The number of pyridine rings is 1. The number of nitrogens with one attached hydrogen (secondary N) is 2. The molecule has 150 valence electrons. The Bertz CT molecular complexity index is 767. The summed E-state index contributed by atoms with van der Waals surface area (Å²) in [5.41, 5.74) is 2.60. The number of piperazine rings is 1. The van der Waals surface area contributed by atoms with E-state index in [-0.39, 0.29) is 5.91 Å². The van der Waals surface area contributed by atoms with Crippen molar-refractivity contribution in [3.05, 3.63) is 48.2 Å². The molecule has 28 heavy (non-hydrogen) atoms. The van der Waals surface area contributed by atoms with E-state index in [4.69, 9.17) is 0 Å². The van der Waals surface area contributed by atoms with Gasteiger partial charge in [0, 0.05) is 55.9 Å². The fraction of sp³-hybridized carbons (Fsp3) is 0.455. The van der Waals surface area contributed by atoms with Gasteiger partial charge in [0.2, 0.25) is 0 Å². The molecule has 0 saturated carbocycles. The van der Waals surface area contributed by atoms with Crippen molar-refractivity contribution in [2.24, 2.45) is 5.92 Å². The Morgan fingerprint density at radius 1 is 1.11 bits per heavy atom. The molecule has 2 heterocycles. The van der Waals surface area contributed by atoms with Crippen LogP contribution in [0.1, 0.15) is 30.6 Å².